The number of nitrogens with zero attached hydrogens (tertiary/aromatic N) is 2. The first-order chi connectivity index (χ1) is 11.6. The molecule has 1 aliphatic heterocycles. The number of benzene rings is 2. The molecule has 1 saturated heterocycles. The van der Waals surface area contributed by atoms with Crippen molar-refractivity contribution < 1.29 is 9.53 Å². The largest absolute Gasteiger partial charge is 0.370 e. The van der Waals surface area contributed by atoms with Crippen molar-refractivity contribution in [2.45, 2.75) is 6.10 Å². The molecule has 2 aromatic rings. The molecular formula is C19H21BrN2O2. The van der Waals surface area contributed by atoms with Crippen LogP contribution in [0.15, 0.2) is 59.1 Å². The third kappa shape index (κ3) is 4.16. The summed E-state index contributed by atoms with van der Waals surface area (Å²) in [7, 11) is 1.94. The Kier molecular flexibility index (Phi) is 5.53. The van der Waals surface area contributed by atoms with Crippen molar-refractivity contribution in [1.82, 2.24) is 4.90 Å². The number of halogens is 1. The summed E-state index contributed by atoms with van der Waals surface area (Å²) in [4.78, 5) is 16.5. The minimum absolute atomic E-state index is 0.0576. The number of amides is 1. The lowest BCUT2D eigenvalue weighted by Crippen LogP contribution is -2.46. The predicted octanol–water partition coefficient (Wildman–Crippen LogP) is 3.49. The van der Waals surface area contributed by atoms with Gasteiger partial charge in [-0.05, 0) is 29.8 Å². The Morgan fingerprint density at radius 2 is 1.92 bits per heavy atom. The molecule has 0 aromatic heterocycles. The SMILES string of the molecule is CN(CC(=O)N1CCOC(c2ccc(Br)cc2)C1)c1ccccc1. The van der Waals surface area contributed by atoms with Gasteiger partial charge in [-0.25, -0.2) is 0 Å². The number of carbonyl (C=O) groups excluding carboxylic acids is 1. The zero-order valence-electron chi connectivity index (χ0n) is 13.7. The van der Waals surface area contributed by atoms with Crippen molar-refractivity contribution in [1.29, 1.82) is 0 Å². The van der Waals surface area contributed by atoms with E-state index in [1.54, 1.807) is 0 Å². The average molecular weight is 389 g/mol. The molecule has 2 aromatic carbocycles. The van der Waals surface area contributed by atoms with Crippen LogP contribution in [0.1, 0.15) is 11.7 Å². The monoisotopic (exact) mass is 388 g/mol. The second-order valence-electron chi connectivity index (χ2n) is 5.94. The fourth-order valence-corrected chi connectivity index (χ4v) is 3.10. The molecule has 1 aliphatic rings. The number of para-hydroxylation sites is 1. The number of morpholine rings is 1. The van der Waals surface area contributed by atoms with E-state index in [0.717, 1.165) is 15.7 Å². The highest BCUT2D eigenvalue weighted by atomic mass is 79.9. The van der Waals surface area contributed by atoms with Gasteiger partial charge in [0.2, 0.25) is 5.91 Å². The first-order valence-corrected chi connectivity index (χ1v) is 8.84. The molecule has 126 valence electrons. The number of hydrogen-bond acceptors (Lipinski definition) is 3. The highest BCUT2D eigenvalue weighted by Crippen LogP contribution is 2.24. The van der Waals surface area contributed by atoms with Crippen LogP contribution in [0.3, 0.4) is 0 Å². The van der Waals surface area contributed by atoms with Crippen LogP contribution in [0.4, 0.5) is 5.69 Å². The molecule has 1 unspecified atom stereocenters. The molecule has 1 heterocycles. The molecule has 24 heavy (non-hydrogen) atoms. The van der Waals surface area contributed by atoms with Crippen molar-refractivity contribution >= 4 is 27.5 Å². The minimum Gasteiger partial charge on any atom is -0.370 e. The molecule has 1 atom stereocenters. The number of hydrogen-bond donors (Lipinski definition) is 0. The van der Waals surface area contributed by atoms with Gasteiger partial charge in [0.25, 0.3) is 0 Å². The maximum Gasteiger partial charge on any atom is 0.242 e. The zero-order chi connectivity index (χ0) is 16.9. The minimum atomic E-state index is -0.0576. The quantitative estimate of drug-likeness (QED) is 0.803. The summed E-state index contributed by atoms with van der Waals surface area (Å²) >= 11 is 3.44. The van der Waals surface area contributed by atoms with E-state index in [4.69, 9.17) is 4.74 Å². The summed E-state index contributed by atoms with van der Waals surface area (Å²) in [6.07, 6.45) is -0.0576. The molecular weight excluding hydrogens is 368 g/mol. The summed E-state index contributed by atoms with van der Waals surface area (Å²) < 4.78 is 6.89. The van der Waals surface area contributed by atoms with Gasteiger partial charge in [0.05, 0.1) is 19.7 Å². The van der Waals surface area contributed by atoms with Crippen molar-refractivity contribution in [3.8, 4) is 0 Å². The smallest absolute Gasteiger partial charge is 0.242 e. The standard InChI is InChI=1S/C19H21BrN2O2/c1-21(17-5-3-2-4-6-17)14-19(23)22-11-12-24-18(13-22)15-7-9-16(20)10-8-15/h2-10,18H,11-14H2,1H3. The normalized spacial score (nSPS) is 17.6. The van der Waals surface area contributed by atoms with Gasteiger partial charge in [-0.3, -0.25) is 4.79 Å². The van der Waals surface area contributed by atoms with Gasteiger partial charge in [0, 0.05) is 23.8 Å². The van der Waals surface area contributed by atoms with Crippen LogP contribution in [0.5, 0.6) is 0 Å². The van der Waals surface area contributed by atoms with Crippen LogP contribution in [-0.4, -0.2) is 44.1 Å². The van der Waals surface area contributed by atoms with Crippen molar-refractivity contribution in [3.05, 3.63) is 64.6 Å². The Morgan fingerprint density at radius 3 is 2.62 bits per heavy atom. The topological polar surface area (TPSA) is 32.8 Å². The second kappa shape index (κ2) is 7.81. The van der Waals surface area contributed by atoms with Gasteiger partial charge in [0.15, 0.2) is 0 Å². The number of anilines is 1. The summed E-state index contributed by atoms with van der Waals surface area (Å²) in [5.74, 6) is 0.131. The van der Waals surface area contributed by atoms with E-state index >= 15 is 0 Å². The van der Waals surface area contributed by atoms with Gasteiger partial charge in [-0.15, -0.1) is 0 Å². The Hall–Kier alpha value is -1.85. The van der Waals surface area contributed by atoms with Crippen molar-refractivity contribution in [2.24, 2.45) is 0 Å². The van der Waals surface area contributed by atoms with Crippen LogP contribution in [0.25, 0.3) is 0 Å². The van der Waals surface area contributed by atoms with Crippen LogP contribution in [0.2, 0.25) is 0 Å². The molecule has 5 heteroatoms. The third-order valence-corrected chi connectivity index (χ3v) is 4.76. The van der Waals surface area contributed by atoms with E-state index in [-0.39, 0.29) is 12.0 Å². The molecule has 0 saturated carbocycles. The summed E-state index contributed by atoms with van der Waals surface area (Å²) in [5, 5.41) is 0. The maximum atomic E-state index is 12.6. The van der Waals surface area contributed by atoms with E-state index in [0.29, 0.717) is 26.2 Å². The number of likely N-dealkylation sites (N-methyl/N-ethyl adjacent to an activating group) is 1. The first kappa shape index (κ1) is 17.0. The van der Waals surface area contributed by atoms with Gasteiger partial charge in [0.1, 0.15) is 6.10 Å². The number of carbonyl (C=O) groups is 1. The van der Waals surface area contributed by atoms with Crippen LogP contribution in [-0.2, 0) is 9.53 Å². The highest BCUT2D eigenvalue weighted by Gasteiger charge is 2.25. The first-order valence-electron chi connectivity index (χ1n) is 8.04. The molecule has 1 amide bonds. The van der Waals surface area contributed by atoms with Gasteiger partial charge in [-0.1, -0.05) is 46.3 Å². The Balaban J connectivity index is 1.61. The Morgan fingerprint density at radius 1 is 1.21 bits per heavy atom. The molecule has 0 bridgehead atoms. The van der Waals surface area contributed by atoms with Crippen molar-refractivity contribution in [2.75, 3.05) is 38.2 Å². The van der Waals surface area contributed by atoms with E-state index in [1.807, 2.05) is 71.4 Å². The Bertz CT molecular complexity index is 676. The fourth-order valence-electron chi connectivity index (χ4n) is 2.83. The van der Waals surface area contributed by atoms with E-state index < -0.39 is 0 Å². The number of rotatable bonds is 4. The maximum absolute atomic E-state index is 12.6. The molecule has 0 aliphatic carbocycles. The molecule has 0 N–H and O–H groups in total. The molecule has 4 nitrogen and oxygen atoms in total. The van der Waals surface area contributed by atoms with Gasteiger partial charge < -0.3 is 14.5 Å². The van der Waals surface area contributed by atoms with Crippen LogP contribution >= 0.6 is 15.9 Å². The van der Waals surface area contributed by atoms with Gasteiger partial charge >= 0.3 is 0 Å². The lowest BCUT2D eigenvalue weighted by atomic mass is 10.1. The molecule has 3 rings (SSSR count). The molecule has 1 fully saturated rings. The summed E-state index contributed by atoms with van der Waals surface area (Å²) in [6.45, 7) is 2.19. The number of ether oxygens (including phenoxy) is 1. The summed E-state index contributed by atoms with van der Waals surface area (Å²) in [5.41, 5.74) is 2.15. The average Bonchev–Trinajstić information content (AvgIpc) is 2.63. The lowest BCUT2D eigenvalue weighted by molar-refractivity contribution is -0.137. The fraction of sp³-hybridized carbons (Fsp3) is 0.316. The second-order valence-corrected chi connectivity index (χ2v) is 6.86. The molecule has 0 radical (unpaired) electrons. The van der Waals surface area contributed by atoms with Crippen LogP contribution in [0, 0.1) is 0 Å². The highest BCUT2D eigenvalue weighted by molar-refractivity contribution is 9.10. The molecule has 0 spiro atoms. The van der Waals surface area contributed by atoms with E-state index in [1.165, 1.54) is 0 Å². The van der Waals surface area contributed by atoms with E-state index in [2.05, 4.69) is 15.9 Å². The van der Waals surface area contributed by atoms with Crippen molar-refractivity contribution in [3.63, 3.8) is 0 Å². The summed E-state index contributed by atoms with van der Waals surface area (Å²) in [6, 6.07) is 18.0. The van der Waals surface area contributed by atoms with E-state index in [9.17, 15) is 4.79 Å². The van der Waals surface area contributed by atoms with Gasteiger partial charge in [-0.2, -0.15) is 0 Å². The lowest BCUT2D eigenvalue weighted by Gasteiger charge is -2.34. The Labute approximate surface area is 151 Å². The predicted molar refractivity (Wildman–Crippen MR) is 99.1 cm³/mol. The third-order valence-electron chi connectivity index (χ3n) is 4.23. The van der Waals surface area contributed by atoms with Crippen LogP contribution < -0.4 is 4.90 Å². The zero-order valence-corrected chi connectivity index (χ0v) is 15.3.